The Kier molecular flexibility index (Phi) is 4.89. The van der Waals surface area contributed by atoms with Crippen molar-refractivity contribution < 1.29 is 9.53 Å². The molecule has 0 spiro atoms. The number of hydrogen-bond acceptors (Lipinski definition) is 5. The molecule has 0 aliphatic carbocycles. The summed E-state index contributed by atoms with van der Waals surface area (Å²) in [7, 11) is 1.70. The predicted molar refractivity (Wildman–Crippen MR) is 76.6 cm³/mol. The summed E-state index contributed by atoms with van der Waals surface area (Å²) in [5.74, 6) is 1.33. The smallest absolute Gasteiger partial charge is 0.219 e. The Hall–Kier alpha value is -1.69. The zero-order chi connectivity index (χ0) is 14.5. The summed E-state index contributed by atoms with van der Waals surface area (Å²) >= 11 is 0. The van der Waals surface area contributed by atoms with Gasteiger partial charge in [-0.15, -0.1) is 0 Å². The van der Waals surface area contributed by atoms with Gasteiger partial charge in [-0.25, -0.2) is 9.97 Å². The molecule has 1 aromatic rings. The van der Waals surface area contributed by atoms with Crippen LogP contribution in [-0.2, 0) is 9.53 Å². The van der Waals surface area contributed by atoms with Crippen molar-refractivity contribution in [1.29, 1.82) is 0 Å². The Morgan fingerprint density at radius 1 is 1.40 bits per heavy atom. The molecule has 2 rings (SSSR count). The van der Waals surface area contributed by atoms with Crippen LogP contribution >= 0.6 is 0 Å². The number of aromatic nitrogens is 2. The molecule has 1 amide bonds. The Balaban J connectivity index is 2.15. The highest BCUT2D eigenvalue weighted by atomic mass is 16.5. The summed E-state index contributed by atoms with van der Waals surface area (Å²) < 4.78 is 5.28. The second-order valence-electron chi connectivity index (χ2n) is 5.25. The highest BCUT2D eigenvalue weighted by Gasteiger charge is 2.24. The van der Waals surface area contributed by atoms with Gasteiger partial charge in [0.05, 0.1) is 6.61 Å². The number of ether oxygens (including phenoxy) is 1. The fourth-order valence-corrected chi connectivity index (χ4v) is 2.55. The number of hydrogen-bond donors (Lipinski definition) is 0. The van der Waals surface area contributed by atoms with E-state index in [9.17, 15) is 4.79 Å². The fourth-order valence-electron chi connectivity index (χ4n) is 2.55. The third-order valence-electron chi connectivity index (χ3n) is 3.56. The second kappa shape index (κ2) is 6.65. The van der Waals surface area contributed by atoms with Gasteiger partial charge in [-0.3, -0.25) is 4.79 Å². The van der Waals surface area contributed by atoms with Crippen LogP contribution in [0.2, 0.25) is 0 Å². The van der Waals surface area contributed by atoms with Gasteiger partial charge in [0.1, 0.15) is 12.1 Å². The molecule has 20 heavy (non-hydrogen) atoms. The lowest BCUT2D eigenvalue weighted by Crippen LogP contribution is -2.35. The van der Waals surface area contributed by atoms with Crippen molar-refractivity contribution in [3.63, 3.8) is 0 Å². The molecule has 0 N–H and O–H groups in total. The van der Waals surface area contributed by atoms with Crippen molar-refractivity contribution >= 4 is 11.7 Å². The average molecular weight is 278 g/mol. The van der Waals surface area contributed by atoms with Crippen LogP contribution in [0, 0.1) is 12.8 Å². The van der Waals surface area contributed by atoms with Gasteiger partial charge in [0.25, 0.3) is 0 Å². The van der Waals surface area contributed by atoms with Crippen molar-refractivity contribution in [3.05, 3.63) is 18.1 Å². The van der Waals surface area contributed by atoms with Crippen LogP contribution in [0.5, 0.6) is 0 Å². The van der Waals surface area contributed by atoms with E-state index in [2.05, 4.69) is 14.9 Å². The zero-order valence-corrected chi connectivity index (χ0v) is 12.4. The van der Waals surface area contributed by atoms with E-state index in [1.54, 1.807) is 20.4 Å². The van der Waals surface area contributed by atoms with Crippen molar-refractivity contribution in [1.82, 2.24) is 14.9 Å². The van der Waals surface area contributed by atoms with E-state index in [0.29, 0.717) is 12.5 Å². The largest absolute Gasteiger partial charge is 0.384 e. The Labute approximate surface area is 119 Å². The molecular weight excluding hydrogens is 256 g/mol. The molecule has 1 aliphatic rings. The van der Waals surface area contributed by atoms with Crippen molar-refractivity contribution in [3.8, 4) is 0 Å². The van der Waals surface area contributed by atoms with Crippen LogP contribution in [0.1, 0.15) is 12.6 Å². The van der Waals surface area contributed by atoms with Gasteiger partial charge in [-0.2, -0.15) is 0 Å². The minimum Gasteiger partial charge on any atom is -0.384 e. The lowest BCUT2D eigenvalue weighted by molar-refractivity contribution is -0.129. The standard InChI is InChI=1S/C14H22N4O2/c1-11-6-14(16-10-15-11)18-5-4-17(12(2)19)7-13(8-18)9-20-3/h6,10,13H,4-5,7-9H2,1-3H3/t13-/m0/s1. The summed E-state index contributed by atoms with van der Waals surface area (Å²) in [5, 5.41) is 0. The highest BCUT2D eigenvalue weighted by molar-refractivity contribution is 5.73. The first kappa shape index (κ1) is 14.7. The normalized spacial score (nSPS) is 19.9. The Morgan fingerprint density at radius 3 is 2.85 bits per heavy atom. The molecule has 1 aliphatic heterocycles. The van der Waals surface area contributed by atoms with E-state index in [-0.39, 0.29) is 5.91 Å². The van der Waals surface area contributed by atoms with E-state index in [4.69, 9.17) is 4.74 Å². The maximum Gasteiger partial charge on any atom is 0.219 e. The van der Waals surface area contributed by atoms with Gasteiger partial charge >= 0.3 is 0 Å². The van der Waals surface area contributed by atoms with Crippen molar-refractivity contribution in [2.24, 2.45) is 5.92 Å². The van der Waals surface area contributed by atoms with Crippen LogP contribution in [0.15, 0.2) is 12.4 Å². The third-order valence-corrected chi connectivity index (χ3v) is 3.56. The number of aryl methyl sites for hydroxylation is 1. The first-order valence-corrected chi connectivity index (χ1v) is 6.88. The molecule has 6 heteroatoms. The van der Waals surface area contributed by atoms with Crippen LogP contribution in [0.3, 0.4) is 0 Å². The minimum absolute atomic E-state index is 0.117. The number of rotatable bonds is 3. The molecule has 1 atom stereocenters. The van der Waals surface area contributed by atoms with Crippen LogP contribution in [0.25, 0.3) is 0 Å². The topological polar surface area (TPSA) is 58.6 Å². The summed E-state index contributed by atoms with van der Waals surface area (Å²) in [6.45, 7) is 7.31. The van der Waals surface area contributed by atoms with E-state index < -0.39 is 0 Å². The summed E-state index contributed by atoms with van der Waals surface area (Å²) in [6, 6.07) is 1.98. The maximum atomic E-state index is 11.6. The van der Waals surface area contributed by atoms with Crippen molar-refractivity contribution in [2.45, 2.75) is 13.8 Å². The molecule has 110 valence electrons. The lowest BCUT2D eigenvalue weighted by Gasteiger charge is -2.24. The van der Waals surface area contributed by atoms with E-state index in [1.165, 1.54) is 0 Å². The maximum absolute atomic E-state index is 11.6. The molecule has 0 radical (unpaired) electrons. The summed E-state index contributed by atoms with van der Waals surface area (Å²) in [6.07, 6.45) is 1.59. The first-order valence-electron chi connectivity index (χ1n) is 6.88. The second-order valence-corrected chi connectivity index (χ2v) is 5.25. The van der Waals surface area contributed by atoms with Gasteiger partial charge in [0.2, 0.25) is 5.91 Å². The van der Waals surface area contributed by atoms with Gasteiger partial charge in [0.15, 0.2) is 0 Å². The molecule has 1 saturated heterocycles. The molecule has 0 unspecified atom stereocenters. The first-order chi connectivity index (χ1) is 9.60. The lowest BCUT2D eigenvalue weighted by atomic mass is 10.1. The van der Waals surface area contributed by atoms with Gasteiger partial charge < -0.3 is 14.5 Å². The minimum atomic E-state index is 0.117. The van der Waals surface area contributed by atoms with Crippen molar-refractivity contribution in [2.75, 3.05) is 44.8 Å². The summed E-state index contributed by atoms with van der Waals surface area (Å²) in [5.41, 5.74) is 0.950. The molecule has 0 aromatic carbocycles. The Bertz CT molecular complexity index is 466. The fraction of sp³-hybridized carbons (Fsp3) is 0.643. The molecule has 0 bridgehead atoms. The van der Waals surface area contributed by atoms with Crippen LogP contribution in [-0.4, -0.2) is 60.7 Å². The number of amides is 1. The number of carbonyl (C=O) groups is 1. The number of nitrogens with zero attached hydrogens (tertiary/aromatic N) is 4. The van der Waals surface area contributed by atoms with E-state index >= 15 is 0 Å². The third kappa shape index (κ3) is 3.66. The molecular formula is C14H22N4O2. The number of anilines is 1. The van der Waals surface area contributed by atoms with E-state index in [0.717, 1.165) is 37.7 Å². The molecule has 1 fully saturated rings. The van der Waals surface area contributed by atoms with Crippen LogP contribution < -0.4 is 4.90 Å². The van der Waals surface area contributed by atoms with Gasteiger partial charge in [-0.05, 0) is 6.92 Å². The summed E-state index contributed by atoms with van der Waals surface area (Å²) in [4.78, 5) is 24.2. The predicted octanol–water partition coefficient (Wildman–Crippen LogP) is 0.716. The van der Waals surface area contributed by atoms with Gasteiger partial charge in [0, 0.05) is 57.9 Å². The number of carbonyl (C=O) groups excluding carboxylic acids is 1. The highest BCUT2D eigenvalue weighted by Crippen LogP contribution is 2.17. The number of methoxy groups -OCH3 is 1. The average Bonchev–Trinajstić information content (AvgIpc) is 2.62. The molecule has 0 saturated carbocycles. The molecule has 6 nitrogen and oxygen atoms in total. The Morgan fingerprint density at radius 2 is 2.20 bits per heavy atom. The van der Waals surface area contributed by atoms with Crippen LogP contribution in [0.4, 0.5) is 5.82 Å². The SMILES string of the molecule is COC[C@H]1CN(C(C)=O)CCN(c2cc(C)ncn2)C1. The van der Waals surface area contributed by atoms with Gasteiger partial charge in [-0.1, -0.05) is 0 Å². The molecule has 2 heterocycles. The zero-order valence-electron chi connectivity index (χ0n) is 12.4. The monoisotopic (exact) mass is 278 g/mol. The van der Waals surface area contributed by atoms with E-state index in [1.807, 2.05) is 17.9 Å². The quantitative estimate of drug-likeness (QED) is 0.815. The molecule has 1 aromatic heterocycles.